The van der Waals surface area contributed by atoms with Gasteiger partial charge in [-0.3, -0.25) is 0 Å². The molecule has 70 valence electrons. The van der Waals surface area contributed by atoms with Crippen molar-refractivity contribution in [2.45, 2.75) is 42.3 Å². The van der Waals surface area contributed by atoms with E-state index in [2.05, 4.69) is 0 Å². The zero-order valence-corrected chi connectivity index (χ0v) is 8.87. The van der Waals surface area contributed by atoms with Crippen molar-refractivity contribution in [3.8, 4) is 0 Å². The maximum absolute atomic E-state index is 10.0. The molecule has 2 fully saturated rings. The largest absolute Gasteiger partial charge is 0.391 e. The minimum absolute atomic E-state index is 0.0231. The predicted octanol–water partition coefficient (Wildman–Crippen LogP) is 2.14. The minimum atomic E-state index is -0.0231. The lowest BCUT2D eigenvalue weighted by atomic mass is 10.1. The third-order valence-corrected chi connectivity index (χ3v) is 5.63. The second-order valence-electron chi connectivity index (χ2n) is 3.59. The number of aliphatic hydroxyl groups excluding tert-OH is 1. The average molecular weight is 204 g/mol. The van der Waals surface area contributed by atoms with Crippen LogP contribution in [0, 0.1) is 0 Å². The van der Waals surface area contributed by atoms with Crippen molar-refractivity contribution in [3.05, 3.63) is 0 Å². The van der Waals surface area contributed by atoms with E-state index < -0.39 is 0 Å². The molecule has 2 unspecified atom stereocenters. The van der Waals surface area contributed by atoms with Crippen molar-refractivity contribution in [2.75, 3.05) is 11.5 Å². The fourth-order valence-corrected chi connectivity index (χ4v) is 4.80. The average Bonchev–Trinajstić information content (AvgIpc) is 2.77. The van der Waals surface area contributed by atoms with Crippen molar-refractivity contribution < 1.29 is 5.11 Å². The first-order chi connectivity index (χ1) is 5.88. The number of hydrogen-bond acceptors (Lipinski definition) is 3. The van der Waals surface area contributed by atoms with E-state index in [1.165, 1.54) is 37.2 Å². The van der Waals surface area contributed by atoms with E-state index in [9.17, 15) is 5.11 Å². The second-order valence-corrected chi connectivity index (χ2v) is 6.29. The summed E-state index contributed by atoms with van der Waals surface area (Å²) >= 11 is 3.95. The molecule has 0 spiro atoms. The molecule has 2 aliphatic rings. The van der Waals surface area contributed by atoms with Gasteiger partial charge in [-0.2, -0.15) is 23.5 Å². The molecule has 1 nitrogen and oxygen atoms in total. The van der Waals surface area contributed by atoms with Crippen LogP contribution in [0.5, 0.6) is 0 Å². The summed E-state index contributed by atoms with van der Waals surface area (Å²) in [6.45, 7) is 0. The summed E-state index contributed by atoms with van der Waals surface area (Å²) in [5.74, 6) is 2.53. The second kappa shape index (κ2) is 4.25. The van der Waals surface area contributed by atoms with Gasteiger partial charge in [0.2, 0.25) is 0 Å². The molecule has 1 N–H and O–H groups in total. The van der Waals surface area contributed by atoms with Gasteiger partial charge in [0.15, 0.2) is 0 Å². The van der Waals surface area contributed by atoms with Crippen LogP contribution in [0.15, 0.2) is 0 Å². The lowest BCUT2D eigenvalue weighted by Gasteiger charge is -2.22. The molecule has 2 aliphatic heterocycles. The third-order valence-electron chi connectivity index (χ3n) is 2.69. The van der Waals surface area contributed by atoms with Gasteiger partial charge in [0.25, 0.3) is 0 Å². The lowest BCUT2D eigenvalue weighted by Crippen LogP contribution is -2.30. The fourth-order valence-electron chi connectivity index (χ4n) is 1.98. The SMILES string of the molecule is OC(C1CCCS1)C1CCCS1. The molecule has 0 bridgehead atoms. The van der Waals surface area contributed by atoms with E-state index in [0.717, 1.165) is 0 Å². The van der Waals surface area contributed by atoms with E-state index in [0.29, 0.717) is 10.5 Å². The highest BCUT2D eigenvalue weighted by molar-refractivity contribution is 8.01. The Morgan fingerprint density at radius 2 is 1.50 bits per heavy atom. The Morgan fingerprint density at radius 3 is 1.83 bits per heavy atom. The quantitative estimate of drug-likeness (QED) is 0.744. The molecule has 0 amide bonds. The van der Waals surface area contributed by atoms with Crippen LogP contribution >= 0.6 is 23.5 Å². The topological polar surface area (TPSA) is 20.2 Å². The van der Waals surface area contributed by atoms with Gasteiger partial charge in [-0.05, 0) is 37.2 Å². The Balaban J connectivity index is 1.84. The molecular weight excluding hydrogens is 188 g/mol. The highest BCUT2D eigenvalue weighted by Gasteiger charge is 2.32. The molecule has 0 aliphatic carbocycles. The molecule has 2 saturated heterocycles. The summed E-state index contributed by atoms with van der Waals surface area (Å²) in [7, 11) is 0. The standard InChI is InChI=1S/C9H16OS2/c10-9(7-3-1-5-11-7)8-4-2-6-12-8/h7-10H,1-6H2. The van der Waals surface area contributed by atoms with Crippen molar-refractivity contribution in [3.63, 3.8) is 0 Å². The van der Waals surface area contributed by atoms with Crippen LogP contribution in [0.4, 0.5) is 0 Å². The fraction of sp³-hybridized carbons (Fsp3) is 1.00. The maximum atomic E-state index is 10.0. The first-order valence-electron chi connectivity index (χ1n) is 4.79. The van der Waals surface area contributed by atoms with Crippen LogP contribution in [0.3, 0.4) is 0 Å². The van der Waals surface area contributed by atoms with Crippen LogP contribution in [0.2, 0.25) is 0 Å². The van der Waals surface area contributed by atoms with Crippen LogP contribution in [-0.2, 0) is 0 Å². The molecule has 2 heterocycles. The van der Waals surface area contributed by atoms with Gasteiger partial charge in [-0.15, -0.1) is 0 Å². The molecule has 2 rings (SSSR count). The molecule has 3 heteroatoms. The van der Waals surface area contributed by atoms with Crippen LogP contribution in [0.25, 0.3) is 0 Å². The van der Waals surface area contributed by atoms with Gasteiger partial charge in [0.1, 0.15) is 0 Å². The van der Waals surface area contributed by atoms with Crippen molar-refractivity contribution in [2.24, 2.45) is 0 Å². The Morgan fingerprint density at radius 1 is 1.00 bits per heavy atom. The van der Waals surface area contributed by atoms with Gasteiger partial charge < -0.3 is 5.11 Å². The minimum Gasteiger partial charge on any atom is -0.391 e. The van der Waals surface area contributed by atoms with Crippen LogP contribution in [0.1, 0.15) is 25.7 Å². The third kappa shape index (κ3) is 1.94. The zero-order chi connectivity index (χ0) is 8.39. The highest BCUT2D eigenvalue weighted by atomic mass is 32.2. The molecule has 0 aromatic rings. The van der Waals surface area contributed by atoms with Crippen LogP contribution in [-0.4, -0.2) is 33.2 Å². The normalized spacial score (nSPS) is 38.8. The summed E-state index contributed by atoms with van der Waals surface area (Å²) < 4.78 is 0. The number of hydrogen-bond donors (Lipinski definition) is 1. The predicted molar refractivity (Wildman–Crippen MR) is 57.0 cm³/mol. The summed E-state index contributed by atoms with van der Waals surface area (Å²) in [6, 6.07) is 0. The van der Waals surface area contributed by atoms with Gasteiger partial charge in [-0.25, -0.2) is 0 Å². The van der Waals surface area contributed by atoms with E-state index in [1.54, 1.807) is 0 Å². The number of thioether (sulfide) groups is 2. The summed E-state index contributed by atoms with van der Waals surface area (Å²) in [4.78, 5) is 0. The van der Waals surface area contributed by atoms with Crippen molar-refractivity contribution in [1.29, 1.82) is 0 Å². The lowest BCUT2D eigenvalue weighted by molar-refractivity contribution is 0.165. The van der Waals surface area contributed by atoms with Gasteiger partial charge in [-0.1, -0.05) is 0 Å². The molecular formula is C9H16OS2. The smallest absolute Gasteiger partial charge is 0.0777 e. The number of aliphatic hydroxyl groups is 1. The molecule has 12 heavy (non-hydrogen) atoms. The van der Waals surface area contributed by atoms with Crippen molar-refractivity contribution in [1.82, 2.24) is 0 Å². The van der Waals surface area contributed by atoms with E-state index in [4.69, 9.17) is 0 Å². The van der Waals surface area contributed by atoms with Gasteiger partial charge >= 0.3 is 0 Å². The zero-order valence-electron chi connectivity index (χ0n) is 7.24. The summed E-state index contributed by atoms with van der Waals surface area (Å²) in [5.41, 5.74) is 0. The molecule has 0 radical (unpaired) electrons. The Bertz CT molecular complexity index is 123. The summed E-state index contributed by atoms with van der Waals surface area (Å²) in [6.07, 6.45) is 5.07. The van der Waals surface area contributed by atoms with Gasteiger partial charge in [0, 0.05) is 10.5 Å². The molecule has 0 aromatic heterocycles. The van der Waals surface area contributed by atoms with Crippen molar-refractivity contribution >= 4 is 23.5 Å². The maximum Gasteiger partial charge on any atom is 0.0777 e. The molecule has 2 atom stereocenters. The monoisotopic (exact) mass is 204 g/mol. The van der Waals surface area contributed by atoms with E-state index in [1.807, 2.05) is 23.5 Å². The molecule has 0 aromatic carbocycles. The Kier molecular flexibility index (Phi) is 3.27. The first-order valence-corrected chi connectivity index (χ1v) is 6.89. The number of rotatable bonds is 2. The van der Waals surface area contributed by atoms with E-state index in [-0.39, 0.29) is 6.10 Å². The Labute approximate surface area is 82.7 Å². The molecule has 0 saturated carbocycles. The Hall–Kier alpha value is 0.660. The first kappa shape index (κ1) is 9.22. The van der Waals surface area contributed by atoms with Gasteiger partial charge in [0.05, 0.1) is 6.10 Å². The van der Waals surface area contributed by atoms with Crippen LogP contribution < -0.4 is 0 Å². The highest BCUT2D eigenvalue weighted by Crippen LogP contribution is 2.37. The van der Waals surface area contributed by atoms with E-state index >= 15 is 0 Å². The summed E-state index contributed by atoms with van der Waals surface area (Å²) in [5, 5.41) is 11.1.